The van der Waals surface area contributed by atoms with Gasteiger partial charge in [-0.3, -0.25) is 0 Å². The maximum absolute atomic E-state index is 5.92. The third-order valence-corrected chi connectivity index (χ3v) is 2.22. The highest BCUT2D eigenvalue weighted by molar-refractivity contribution is 6.41. The molecule has 1 aromatic rings. The predicted molar refractivity (Wildman–Crippen MR) is 55.8 cm³/mol. The Balaban J connectivity index is 3.28. The van der Waals surface area contributed by atoms with Crippen molar-refractivity contribution in [2.75, 3.05) is 19.0 Å². The molecule has 0 saturated heterocycles. The fraction of sp³-hybridized carbons (Fsp3) is 0.250. The Morgan fingerprint density at radius 3 is 1.75 bits per heavy atom. The molecule has 0 unspecified atom stereocenters. The van der Waals surface area contributed by atoms with Crippen LogP contribution in [0.2, 0.25) is 15.1 Å². The zero-order valence-corrected chi connectivity index (χ0v) is 9.00. The average Bonchev–Trinajstić information content (AvgIpc) is 1.82. The van der Waals surface area contributed by atoms with E-state index in [9.17, 15) is 0 Å². The number of hydrogen-bond acceptors (Lipinski definition) is 1. The van der Waals surface area contributed by atoms with Crippen LogP contribution < -0.4 is 4.90 Å². The molecule has 0 bridgehead atoms. The summed E-state index contributed by atoms with van der Waals surface area (Å²) in [6, 6.07) is 3.34. The lowest BCUT2D eigenvalue weighted by molar-refractivity contribution is 1.13. The van der Waals surface area contributed by atoms with Crippen molar-refractivity contribution in [3.63, 3.8) is 0 Å². The van der Waals surface area contributed by atoms with Crippen LogP contribution in [-0.4, -0.2) is 14.1 Å². The van der Waals surface area contributed by atoms with Gasteiger partial charge in [0.15, 0.2) is 0 Å². The van der Waals surface area contributed by atoms with Crippen LogP contribution >= 0.6 is 34.8 Å². The van der Waals surface area contributed by atoms with Gasteiger partial charge >= 0.3 is 0 Å². The number of nitrogens with zero attached hydrogens (tertiary/aromatic N) is 1. The van der Waals surface area contributed by atoms with Crippen molar-refractivity contribution in [2.45, 2.75) is 0 Å². The van der Waals surface area contributed by atoms with E-state index in [0.717, 1.165) is 5.69 Å². The van der Waals surface area contributed by atoms with Crippen LogP contribution in [0.15, 0.2) is 12.1 Å². The molecule has 0 aliphatic rings. The van der Waals surface area contributed by atoms with Gasteiger partial charge in [-0.25, -0.2) is 0 Å². The minimum absolute atomic E-state index is 0.551. The average molecular weight is 225 g/mol. The maximum Gasteiger partial charge on any atom is 0.0740 e. The molecule has 0 aliphatic heterocycles. The van der Waals surface area contributed by atoms with Gasteiger partial charge in [-0.1, -0.05) is 34.8 Å². The number of anilines is 1. The summed E-state index contributed by atoms with van der Waals surface area (Å²) in [4.78, 5) is 1.85. The standard InChI is InChI=1S/C8H8Cl3N/c1-12(2)8-6(10)3-5(9)4-7(8)11/h3-4H,1-2H3. The summed E-state index contributed by atoms with van der Waals surface area (Å²) in [6.45, 7) is 0. The van der Waals surface area contributed by atoms with Gasteiger partial charge in [0, 0.05) is 19.1 Å². The van der Waals surface area contributed by atoms with E-state index in [1.807, 2.05) is 19.0 Å². The van der Waals surface area contributed by atoms with E-state index < -0.39 is 0 Å². The second kappa shape index (κ2) is 3.73. The fourth-order valence-corrected chi connectivity index (χ4v) is 2.12. The van der Waals surface area contributed by atoms with E-state index in [1.54, 1.807) is 12.1 Å². The van der Waals surface area contributed by atoms with E-state index in [1.165, 1.54) is 0 Å². The summed E-state index contributed by atoms with van der Waals surface area (Å²) in [5.74, 6) is 0. The van der Waals surface area contributed by atoms with Crippen LogP contribution in [0.3, 0.4) is 0 Å². The highest BCUT2D eigenvalue weighted by Crippen LogP contribution is 2.35. The molecular formula is C8H8Cl3N. The largest absolute Gasteiger partial charge is 0.375 e. The minimum atomic E-state index is 0.551. The summed E-state index contributed by atoms with van der Waals surface area (Å²) in [7, 11) is 3.75. The van der Waals surface area contributed by atoms with E-state index >= 15 is 0 Å². The first-order valence-corrected chi connectivity index (χ1v) is 4.47. The van der Waals surface area contributed by atoms with Crippen LogP contribution in [0.5, 0.6) is 0 Å². The van der Waals surface area contributed by atoms with Crippen LogP contribution in [-0.2, 0) is 0 Å². The molecule has 0 fully saturated rings. The molecule has 0 N–H and O–H groups in total. The van der Waals surface area contributed by atoms with Gasteiger partial charge in [0.25, 0.3) is 0 Å². The normalized spacial score (nSPS) is 10.1. The molecule has 0 aromatic heterocycles. The van der Waals surface area contributed by atoms with E-state index in [-0.39, 0.29) is 0 Å². The lowest BCUT2D eigenvalue weighted by Gasteiger charge is -2.16. The summed E-state index contributed by atoms with van der Waals surface area (Å²) in [5.41, 5.74) is 0.794. The van der Waals surface area contributed by atoms with Crippen LogP contribution in [0.4, 0.5) is 5.69 Å². The van der Waals surface area contributed by atoms with Crippen LogP contribution in [0.1, 0.15) is 0 Å². The van der Waals surface area contributed by atoms with Gasteiger partial charge in [0.2, 0.25) is 0 Å². The van der Waals surface area contributed by atoms with Gasteiger partial charge in [-0.15, -0.1) is 0 Å². The SMILES string of the molecule is CN(C)c1c(Cl)cc(Cl)cc1Cl. The highest BCUT2D eigenvalue weighted by atomic mass is 35.5. The summed E-state index contributed by atoms with van der Waals surface area (Å²) in [5, 5.41) is 1.69. The molecule has 4 heteroatoms. The Bertz CT molecular complexity index is 273. The van der Waals surface area contributed by atoms with Crippen molar-refractivity contribution in [3.8, 4) is 0 Å². The van der Waals surface area contributed by atoms with E-state index in [2.05, 4.69) is 0 Å². The third-order valence-electron chi connectivity index (χ3n) is 1.43. The topological polar surface area (TPSA) is 3.24 Å². The molecule has 0 spiro atoms. The Morgan fingerprint density at radius 2 is 1.42 bits per heavy atom. The second-order valence-corrected chi connectivity index (χ2v) is 3.86. The Kier molecular flexibility index (Phi) is 3.10. The van der Waals surface area contributed by atoms with Gasteiger partial charge in [0.1, 0.15) is 0 Å². The quantitative estimate of drug-likeness (QED) is 0.703. The smallest absolute Gasteiger partial charge is 0.0740 e. The molecule has 0 saturated carbocycles. The molecular weight excluding hydrogens is 216 g/mol. The van der Waals surface area contributed by atoms with Crippen molar-refractivity contribution in [1.82, 2.24) is 0 Å². The van der Waals surface area contributed by atoms with Crippen molar-refractivity contribution in [2.24, 2.45) is 0 Å². The van der Waals surface area contributed by atoms with Crippen molar-refractivity contribution >= 4 is 40.5 Å². The first-order valence-electron chi connectivity index (χ1n) is 3.34. The molecule has 0 aliphatic carbocycles. The second-order valence-electron chi connectivity index (χ2n) is 2.61. The Morgan fingerprint density at radius 1 is 1.00 bits per heavy atom. The third kappa shape index (κ3) is 1.98. The van der Waals surface area contributed by atoms with Crippen LogP contribution in [0, 0.1) is 0 Å². The zero-order valence-electron chi connectivity index (χ0n) is 6.74. The summed E-state index contributed by atoms with van der Waals surface area (Å²) < 4.78 is 0. The zero-order chi connectivity index (χ0) is 9.30. The van der Waals surface area contributed by atoms with E-state index in [0.29, 0.717) is 15.1 Å². The highest BCUT2D eigenvalue weighted by Gasteiger charge is 2.08. The minimum Gasteiger partial charge on any atom is -0.375 e. The van der Waals surface area contributed by atoms with Crippen LogP contribution in [0.25, 0.3) is 0 Å². The number of benzene rings is 1. The number of halogens is 3. The maximum atomic E-state index is 5.92. The predicted octanol–water partition coefficient (Wildman–Crippen LogP) is 3.71. The first kappa shape index (κ1) is 9.97. The number of rotatable bonds is 1. The number of hydrogen-bond donors (Lipinski definition) is 0. The molecule has 0 amide bonds. The van der Waals surface area contributed by atoms with Crippen molar-refractivity contribution in [1.29, 1.82) is 0 Å². The van der Waals surface area contributed by atoms with Gasteiger partial charge < -0.3 is 4.90 Å². The van der Waals surface area contributed by atoms with E-state index in [4.69, 9.17) is 34.8 Å². The molecule has 1 rings (SSSR count). The first-order chi connectivity index (χ1) is 5.52. The lowest BCUT2D eigenvalue weighted by Crippen LogP contribution is -2.09. The molecule has 66 valence electrons. The Hall–Kier alpha value is -0.110. The molecule has 12 heavy (non-hydrogen) atoms. The van der Waals surface area contributed by atoms with Crippen molar-refractivity contribution < 1.29 is 0 Å². The van der Waals surface area contributed by atoms with Crippen molar-refractivity contribution in [3.05, 3.63) is 27.2 Å². The summed E-state index contributed by atoms with van der Waals surface area (Å²) in [6.07, 6.45) is 0. The lowest BCUT2D eigenvalue weighted by atomic mass is 10.3. The van der Waals surface area contributed by atoms with Gasteiger partial charge in [0.05, 0.1) is 15.7 Å². The molecule has 1 nitrogen and oxygen atoms in total. The molecule has 0 atom stereocenters. The monoisotopic (exact) mass is 223 g/mol. The Labute approximate surface area is 86.8 Å². The van der Waals surface area contributed by atoms with Gasteiger partial charge in [-0.05, 0) is 12.1 Å². The molecule has 0 radical (unpaired) electrons. The molecule has 0 heterocycles. The fourth-order valence-electron chi connectivity index (χ4n) is 0.962. The summed E-state index contributed by atoms with van der Waals surface area (Å²) >= 11 is 17.6. The molecule has 1 aromatic carbocycles. The van der Waals surface area contributed by atoms with Gasteiger partial charge in [-0.2, -0.15) is 0 Å².